The number of halogens is 1. The quantitative estimate of drug-likeness (QED) is 0.696. The highest BCUT2D eigenvalue weighted by molar-refractivity contribution is 9.10. The summed E-state index contributed by atoms with van der Waals surface area (Å²) in [7, 11) is 0. The summed E-state index contributed by atoms with van der Waals surface area (Å²) in [6, 6.07) is 8.69. The predicted octanol–water partition coefficient (Wildman–Crippen LogP) is 3.47. The second-order valence-electron chi connectivity index (χ2n) is 3.62. The molecule has 0 saturated carbocycles. The Morgan fingerprint density at radius 2 is 2.17 bits per heavy atom. The lowest BCUT2D eigenvalue weighted by molar-refractivity contribution is 0.0491. The first kappa shape index (κ1) is 12.7. The molecule has 0 fully saturated rings. The molecule has 1 aromatic carbocycles. The molecule has 0 radical (unpaired) electrons. The summed E-state index contributed by atoms with van der Waals surface area (Å²) in [6.45, 7) is 2.07. The van der Waals surface area contributed by atoms with Gasteiger partial charge in [-0.15, -0.1) is 0 Å². The van der Waals surface area contributed by atoms with Gasteiger partial charge in [-0.1, -0.05) is 0 Å². The molecule has 0 aliphatic heterocycles. The van der Waals surface area contributed by atoms with Crippen molar-refractivity contribution in [3.63, 3.8) is 0 Å². The molecule has 5 heteroatoms. The van der Waals surface area contributed by atoms with Gasteiger partial charge in [0, 0.05) is 15.7 Å². The van der Waals surface area contributed by atoms with Crippen LogP contribution in [0.25, 0.3) is 11.3 Å². The molecule has 0 spiro atoms. The Morgan fingerprint density at radius 1 is 1.39 bits per heavy atom. The maximum atomic E-state index is 11.5. The molecular weight excluding hydrogens is 298 g/mol. The summed E-state index contributed by atoms with van der Waals surface area (Å²) in [4.78, 5) is 11.5. The van der Waals surface area contributed by atoms with Crippen molar-refractivity contribution in [2.24, 2.45) is 0 Å². The van der Waals surface area contributed by atoms with Crippen molar-refractivity contribution >= 4 is 27.6 Å². The Bertz CT molecular complexity index is 577. The van der Waals surface area contributed by atoms with Gasteiger partial charge in [-0.3, -0.25) is 0 Å². The number of hydrogen-bond acceptors (Lipinski definition) is 4. The molecule has 1 heterocycles. The molecule has 94 valence electrons. The third-order valence-corrected chi connectivity index (χ3v) is 3.00. The molecule has 18 heavy (non-hydrogen) atoms. The van der Waals surface area contributed by atoms with E-state index in [1.165, 1.54) is 0 Å². The normalized spacial score (nSPS) is 10.3. The highest BCUT2D eigenvalue weighted by atomic mass is 79.9. The van der Waals surface area contributed by atoms with Gasteiger partial charge in [-0.05, 0) is 53.2 Å². The van der Waals surface area contributed by atoms with E-state index in [0.717, 1.165) is 10.0 Å². The predicted molar refractivity (Wildman–Crippen MR) is 72.2 cm³/mol. The fourth-order valence-electron chi connectivity index (χ4n) is 1.53. The van der Waals surface area contributed by atoms with Gasteiger partial charge < -0.3 is 14.9 Å². The van der Waals surface area contributed by atoms with Gasteiger partial charge >= 0.3 is 5.97 Å². The number of esters is 1. The summed E-state index contributed by atoms with van der Waals surface area (Å²) in [6.07, 6.45) is 0. The largest absolute Gasteiger partial charge is 0.460 e. The van der Waals surface area contributed by atoms with E-state index in [1.54, 1.807) is 31.2 Å². The Balaban J connectivity index is 2.32. The Morgan fingerprint density at radius 3 is 2.83 bits per heavy atom. The average Bonchev–Trinajstić information content (AvgIpc) is 2.78. The summed E-state index contributed by atoms with van der Waals surface area (Å²) >= 11 is 3.40. The minimum absolute atomic E-state index is 0.190. The van der Waals surface area contributed by atoms with Gasteiger partial charge in [0.05, 0.1) is 6.61 Å². The molecule has 2 rings (SSSR count). The molecule has 2 aromatic rings. The number of furan rings is 1. The SMILES string of the molecule is CCOC(=O)c1ccc(-c2ccc(N)cc2Br)o1. The zero-order valence-electron chi connectivity index (χ0n) is 9.77. The molecule has 2 N–H and O–H groups in total. The topological polar surface area (TPSA) is 65.5 Å². The monoisotopic (exact) mass is 309 g/mol. The molecular formula is C13H12BrNO3. The number of nitrogens with two attached hydrogens (primary N) is 1. The Labute approximate surface area is 113 Å². The smallest absolute Gasteiger partial charge is 0.374 e. The summed E-state index contributed by atoms with van der Waals surface area (Å²) in [5, 5.41) is 0. The molecule has 0 aliphatic carbocycles. The minimum Gasteiger partial charge on any atom is -0.460 e. The standard InChI is InChI=1S/C13H12BrNO3/c1-2-17-13(16)12-6-5-11(18-12)9-4-3-8(15)7-10(9)14/h3-7H,2,15H2,1H3. The fourth-order valence-corrected chi connectivity index (χ4v) is 2.12. The first-order valence-corrected chi connectivity index (χ1v) is 6.23. The van der Waals surface area contributed by atoms with Crippen LogP contribution in [0.1, 0.15) is 17.5 Å². The van der Waals surface area contributed by atoms with E-state index in [4.69, 9.17) is 14.9 Å². The van der Waals surface area contributed by atoms with E-state index < -0.39 is 5.97 Å². The lowest BCUT2D eigenvalue weighted by Crippen LogP contribution is -2.02. The maximum absolute atomic E-state index is 11.5. The third-order valence-electron chi connectivity index (χ3n) is 2.34. The molecule has 0 amide bonds. The van der Waals surface area contributed by atoms with Crippen LogP contribution < -0.4 is 5.73 Å². The molecule has 4 nitrogen and oxygen atoms in total. The van der Waals surface area contributed by atoms with Crippen molar-refractivity contribution in [3.8, 4) is 11.3 Å². The molecule has 0 aliphatic rings. The lowest BCUT2D eigenvalue weighted by atomic mass is 10.1. The Hall–Kier alpha value is -1.75. The number of nitrogen functional groups attached to an aromatic ring is 1. The maximum Gasteiger partial charge on any atom is 0.374 e. The van der Waals surface area contributed by atoms with Crippen LogP contribution in [0.4, 0.5) is 5.69 Å². The van der Waals surface area contributed by atoms with Crippen LogP contribution in [0.2, 0.25) is 0 Å². The van der Waals surface area contributed by atoms with Gasteiger partial charge in [0.15, 0.2) is 0 Å². The molecule has 0 atom stereocenters. The molecule has 1 aromatic heterocycles. The first-order valence-electron chi connectivity index (χ1n) is 5.44. The van der Waals surface area contributed by atoms with Crippen molar-refractivity contribution in [1.29, 1.82) is 0 Å². The van der Waals surface area contributed by atoms with Crippen molar-refractivity contribution in [1.82, 2.24) is 0 Å². The summed E-state index contributed by atoms with van der Waals surface area (Å²) < 4.78 is 11.1. The fraction of sp³-hybridized carbons (Fsp3) is 0.154. The van der Waals surface area contributed by atoms with Crippen LogP contribution in [0.3, 0.4) is 0 Å². The third kappa shape index (κ3) is 2.56. The van der Waals surface area contributed by atoms with Gasteiger partial charge in [0.2, 0.25) is 5.76 Å². The van der Waals surface area contributed by atoms with E-state index in [0.29, 0.717) is 18.1 Å². The van der Waals surface area contributed by atoms with Crippen LogP contribution >= 0.6 is 15.9 Å². The second-order valence-corrected chi connectivity index (χ2v) is 4.48. The van der Waals surface area contributed by atoms with Crippen molar-refractivity contribution in [3.05, 3.63) is 40.6 Å². The lowest BCUT2D eigenvalue weighted by Gasteiger charge is -2.02. The molecule has 0 unspecified atom stereocenters. The number of benzene rings is 1. The van der Waals surface area contributed by atoms with E-state index in [2.05, 4.69) is 15.9 Å². The summed E-state index contributed by atoms with van der Waals surface area (Å²) in [5.41, 5.74) is 7.15. The van der Waals surface area contributed by atoms with Crippen LogP contribution in [0, 0.1) is 0 Å². The minimum atomic E-state index is -0.463. The van der Waals surface area contributed by atoms with E-state index in [-0.39, 0.29) is 5.76 Å². The van der Waals surface area contributed by atoms with E-state index >= 15 is 0 Å². The van der Waals surface area contributed by atoms with Crippen molar-refractivity contribution in [2.75, 3.05) is 12.3 Å². The highest BCUT2D eigenvalue weighted by Crippen LogP contribution is 2.31. The average molecular weight is 310 g/mol. The van der Waals surface area contributed by atoms with Crippen molar-refractivity contribution in [2.45, 2.75) is 6.92 Å². The summed E-state index contributed by atoms with van der Waals surface area (Å²) in [5.74, 6) is 0.316. The number of carbonyl (C=O) groups excluding carboxylic acids is 1. The number of anilines is 1. The number of hydrogen-bond donors (Lipinski definition) is 1. The van der Waals surface area contributed by atoms with Gasteiger partial charge in [0.25, 0.3) is 0 Å². The van der Waals surface area contributed by atoms with E-state index in [9.17, 15) is 4.79 Å². The first-order chi connectivity index (χ1) is 8.61. The zero-order chi connectivity index (χ0) is 13.1. The number of ether oxygens (including phenoxy) is 1. The van der Waals surface area contributed by atoms with Crippen molar-refractivity contribution < 1.29 is 13.9 Å². The zero-order valence-corrected chi connectivity index (χ0v) is 11.4. The number of carbonyl (C=O) groups is 1. The molecule has 0 bridgehead atoms. The van der Waals surface area contributed by atoms with E-state index in [1.807, 2.05) is 6.07 Å². The molecule has 0 saturated heterocycles. The van der Waals surface area contributed by atoms with Crippen LogP contribution in [-0.2, 0) is 4.74 Å². The van der Waals surface area contributed by atoms with Crippen LogP contribution in [0.5, 0.6) is 0 Å². The van der Waals surface area contributed by atoms with Crippen LogP contribution in [-0.4, -0.2) is 12.6 Å². The van der Waals surface area contributed by atoms with Crippen LogP contribution in [0.15, 0.2) is 39.2 Å². The Kier molecular flexibility index (Phi) is 3.72. The van der Waals surface area contributed by atoms with Gasteiger partial charge in [0.1, 0.15) is 5.76 Å². The van der Waals surface area contributed by atoms with Gasteiger partial charge in [-0.25, -0.2) is 4.79 Å². The second kappa shape index (κ2) is 5.27. The van der Waals surface area contributed by atoms with Gasteiger partial charge in [-0.2, -0.15) is 0 Å². The number of rotatable bonds is 3. The highest BCUT2D eigenvalue weighted by Gasteiger charge is 2.14.